The predicted octanol–water partition coefficient (Wildman–Crippen LogP) is 1.07. The molecule has 0 amide bonds. The summed E-state index contributed by atoms with van der Waals surface area (Å²) in [6.07, 6.45) is 2.92. The molecule has 0 saturated carbocycles. The van der Waals surface area contributed by atoms with E-state index < -0.39 is 0 Å². The first-order valence-electron chi connectivity index (χ1n) is 3.66. The summed E-state index contributed by atoms with van der Waals surface area (Å²) in [6, 6.07) is 0. The third-order valence-corrected chi connectivity index (χ3v) is 1.81. The van der Waals surface area contributed by atoms with E-state index in [0.717, 1.165) is 6.61 Å². The quantitative estimate of drug-likeness (QED) is 0.553. The molecule has 1 atom stereocenters. The number of ether oxygens (including phenoxy) is 1. The maximum absolute atomic E-state index is 5.44. The van der Waals surface area contributed by atoms with Gasteiger partial charge in [0.25, 0.3) is 0 Å². The van der Waals surface area contributed by atoms with Gasteiger partial charge >= 0.3 is 0 Å². The van der Waals surface area contributed by atoms with Crippen molar-refractivity contribution in [3.63, 3.8) is 0 Å². The van der Waals surface area contributed by atoms with Crippen LogP contribution in [0.3, 0.4) is 0 Å². The molecule has 1 aliphatic heterocycles. The average Bonchev–Trinajstić information content (AvgIpc) is 2.18. The molecule has 1 rings (SSSR count). The van der Waals surface area contributed by atoms with Gasteiger partial charge in [0.1, 0.15) is 6.23 Å². The van der Waals surface area contributed by atoms with Gasteiger partial charge in [-0.3, -0.25) is 4.90 Å². The normalized spacial score (nSPS) is 29.3. The third kappa shape index (κ3) is 1.66. The summed E-state index contributed by atoms with van der Waals surface area (Å²) in [7, 11) is 2.12. The van der Waals surface area contributed by atoms with Gasteiger partial charge in [-0.1, -0.05) is 0 Å². The molecule has 0 radical (unpaired) electrons. The Labute approximate surface area is 56.8 Å². The zero-order chi connectivity index (χ0) is 6.69. The van der Waals surface area contributed by atoms with Gasteiger partial charge in [-0.05, 0) is 26.8 Å². The SMILES string of the molecule is CCOC1CCCN1C. The molecule has 0 N–H and O–H groups in total. The first kappa shape index (κ1) is 7.03. The minimum absolute atomic E-state index is 0.412. The molecule has 2 heteroatoms. The van der Waals surface area contributed by atoms with Crippen LogP contribution in [0, 0.1) is 0 Å². The molecule has 9 heavy (non-hydrogen) atoms. The standard InChI is InChI=1S/C7H15NO/c1-3-9-7-5-4-6-8(7)2/h7H,3-6H2,1-2H3. The lowest BCUT2D eigenvalue weighted by molar-refractivity contribution is -0.0168. The van der Waals surface area contributed by atoms with Crippen LogP contribution in [0.15, 0.2) is 0 Å². The van der Waals surface area contributed by atoms with Crippen LogP contribution in [0.25, 0.3) is 0 Å². The molecule has 0 bridgehead atoms. The van der Waals surface area contributed by atoms with Crippen LogP contribution >= 0.6 is 0 Å². The van der Waals surface area contributed by atoms with E-state index in [1.807, 2.05) is 6.92 Å². The number of rotatable bonds is 2. The van der Waals surface area contributed by atoms with Gasteiger partial charge in [-0.2, -0.15) is 0 Å². The molecule has 0 aromatic rings. The van der Waals surface area contributed by atoms with Crippen molar-refractivity contribution in [2.75, 3.05) is 20.2 Å². The van der Waals surface area contributed by atoms with Crippen molar-refractivity contribution in [1.82, 2.24) is 4.90 Å². The maximum Gasteiger partial charge on any atom is 0.110 e. The predicted molar refractivity (Wildman–Crippen MR) is 37.3 cm³/mol. The second-order valence-electron chi connectivity index (χ2n) is 2.53. The summed E-state index contributed by atoms with van der Waals surface area (Å²) in [5.74, 6) is 0. The molecule has 0 aliphatic carbocycles. The molecule has 1 unspecified atom stereocenters. The fourth-order valence-electron chi connectivity index (χ4n) is 1.28. The summed E-state index contributed by atoms with van der Waals surface area (Å²) >= 11 is 0. The Morgan fingerprint density at radius 1 is 1.67 bits per heavy atom. The van der Waals surface area contributed by atoms with Crippen LogP contribution in [-0.4, -0.2) is 31.3 Å². The summed E-state index contributed by atoms with van der Waals surface area (Å²) in [5, 5.41) is 0. The van der Waals surface area contributed by atoms with Crippen molar-refractivity contribution in [2.24, 2.45) is 0 Å². The Bertz CT molecular complexity index is 85.0. The monoisotopic (exact) mass is 129 g/mol. The number of nitrogens with zero attached hydrogens (tertiary/aromatic N) is 1. The Morgan fingerprint density at radius 3 is 2.89 bits per heavy atom. The molecule has 0 spiro atoms. The number of likely N-dealkylation sites (tertiary alicyclic amines) is 1. The van der Waals surface area contributed by atoms with E-state index in [0.29, 0.717) is 6.23 Å². The average molecular weight is 129 g/mol. The molecule has 1 aliphatic rings. The maximum atomic E-state index is 5.44. The van der Waals surface area contributed by atoms with Gasteiger partial charge in [0.05, 0.1) is 0 Å². The second-order valence-corrected chi connectivity index (χ2v) is 2.53. The van der Waals surface area contributed by atoms with Gasteiger partial charge in [-0.15, -0.1) is 0 Å². The smallest absolute Gasteiger partial charge is 0.110 e. The first-order chi connectivity index (χ1) is 4.34. The largest absolute Gasteiger partial charge is 0.363 e. The van der Waals surface area contributed by atoms with Crippen LogP contribution in [0.2, 0.25) is 0 Å². The summed E-state index contributed by atoms with van der Waals surface area (Å²) in [4.78, 5) is 2.27. The van der Waals surface area contributed by atoms with Gasteiger partial charge in [-0.25, -0.2) is 0 Å². The highest BCUT2D eigenvalue weighted by Crippen LogP contribution is 2.14. The minimum atomic E-state index is 0.412. The molecular weight excluding hydrogens is 114 g/mol. The molecular formula is C7H15NO. The fourth-order valence-corrected chi connectivity index (χ4v) is 1.28. The van der Waals surface area contributed by atoms with E-state index in [2.05, 4.69) is 11.9 Å². The Balaban J connectivity index is 2.22. The van der Waals surface area contributed by atoms with Gasteiger partial charge in [0.2, 0.25) is 0 Å². The Kier molecular flexibility index (Phi) is 2.49. The zero-order valence-electron chi connectivity index (χ0n) is 6.26. The van der Waals surface area contributed by atoms with Gasteiger partial charge < -0.3 is 4.74 Å². The molecule has 0 aromatic carbocycles. The first-order valence-corrected chi connectivity index (χ1v) is 3.66. The fraction of sp³-hybridized carbons (Fsp3) is 1.00. The summed E-state index contributed by atoms with van der Waals surface area (Å²) < 4.78 is 5.44. The van der Waals surface area contributed by atoms with Crippen molar-refractivity contribution >= 4 is 0 Å². The van der Waals surface area contributed by atoms with Gasteiger partial charge in [0, 0.05) is 13.2 Å². The highest BCUT2D eigenvalue weighted by atomic mass is 16.5. The van der Waals surface area contributed by atoms with Crippen molar-refractivity contribution in [1.29, 1.82) is 0 Å². The van der Waals surface area contributed by atoms with Crippen LogP contribution in [0.5, 0.6) is 0 Å². The highest BCUT2D eigenvalue weighted by molar-refractivity contribution is 4.67. The van der Waals surface area contributed by atoms with Gasteiger partial charge in [0.15, 0.2) is 0 Å². The highest BCUT2D eigenvalue weighted by Gasteiger charge is 2.19. The Morgan fingerprint density at radius 2 is 2.44 bits per heavy atom. The lowest BCUT2D eigenvalue weighted by atomic mass is 10.4. The van der Waals surface area contributed by atoms with Crippen molar-refractivity contribution in [2.45, 2.75) is 26.0 Å². The van der Waals surface area contributed by atoms with E-state index >= 15 is 0 Å². The molecule has 1 heterocycles. The van der Waals surface area contributed by atoms with Crippen LogP contribution in [-0.2, 0) is 4.74 Å². The molecule has 2 nitrogen and oxygen atoms in total. The van der Waals surface area contributed by atoms with E-state index in [-0.39, 0.29) is 0 Å². The van der Waals surface area contributed by atoms with Crippen molar-refractivity contribution in [3.8, 4) is 0 Å². The van der Waals surface area contributed by atoms with E-state index in [1.165, 1.54) is 19.4 Å². The minimum Gasteiger partial charge on any atom is -0.363 e. The van der Waals surface area contributed by atoms with E-state index in [9.17, 15) is 0 Å². The number of hydrogen-bond donors (Lipinski definition) is 0. The third-order valence-electron chi connectivity index (χ3n) is 1.81. The van der Waals surface area contributed by atoms with Crippen molar-refractivity contribution < 1.29 is 4.74 Å². The van der Waals surface area contributed by atoms with Crippen LogP contribution in [0.4, 0.5) is 0 Å². The van der Waals surface area contributed by atoms with E-state index in [1.54, 1.807) is 0 Å². The zero-order valence-corrected chi connectivity index (χ0v) is 6.26. The number of hydrogen-bond acceptors (Lipinski definition) is 2. The second kappa shape index (κ2) is 3.18. The van der Waals surface area contributed by atoms with Crippen LogP contribution < -0.4 is 0 Å². The topological polar surface area (TPSA) is 12.5 Å². The lowest BCUT2D eigenvalue weighted by Gasteiger charge is -2.18. The van der Waals surface area contributed by atoms with Crippen molar-refractivity contribution in [3.05, 3.63) is 0 Å². The molecule has 1 saturated heterocycles. The van der Waals surface area contributed by atoms with Crippen LogP contribution in [0.1, 0.15) is 19.8 Å². The summed E-state index contributed by atoms with van der Waals surface area (Å²) in [6.45, 7) is 4.09. The van der Waals surface area contributed by atoms with E-state index in [4.69, 9.17) is 4.74 Å². The lowest BCUT2D eigenvalue weighted by Crippen LogP contribution is -2.27. The molecule has 0 aromatic heterocycles. The molecule has 54 valence electrons. The molecule has 1 fully saturated rings. The Hall–Kier alpha value is -0.0800. The summed E-state index contributed by atoms with van der Waals surface area (Å²) in [5.41, 5.74) is 0.